The molecule has 2 aromatic heterocycles. The Morgan fingerprint density at radius 1 is 0.617 bits per heavy atom. The molecule has 9 rings (SSSR count). The van der Waals surface area contributed by atoms with Crippen LogP contribution in [-0.2, 0) is 25.0 Å². The molecule has 0 aliphatic rings. The maximum Gasteiger partial charge on any atom is 0.261 e. The molecule has 294 valence electrons. The van der Waals surface area contributed by atoms with Gasteiger partial charge in [0.15, 0.2) is 5.82 Å². The average Bonchev–Trinajstić information content (AvgIpc) is 3.81. The van der Waals surface area contributed by atoms with Crippen molar-refractivity contribution in [3.8, 4) is 22.5 Å². The Morgan fingerprint density at radius 3 is 1.82 bits per heavy atom. The lowest BCUT2D eigenvalue weighted by Crippen LogP contribution is -2.39. The zero-order chi connectivity index (χ0) is 40.7. The van der Waals surface area contributed by atoms with E-state index in [1.807, 2.05) is 76.0 Å². The van der Waals surface area contributed by atoms with E-state index < -0.39 is 5.54 Å². The highest BCUT2D eigenvalue weighted by Gasteiger charge is 2.42. The van der Waals surface area contributed by atoms with Crippen LogP contribution in [0.3, 0.4) is 0 Å². The normalized spacial score (nSPS) is 11.5. The Bertz CT molecular complexity index is 2800. The van der Waals surface area contributed by atoms with E-state index in [2.05, 4.69) is 139 Å². The number of aryl methyl sites for hydroxylation is 1. The lowest BCUT2D eigenvalue weighted by Gasteiger charge is -2.36. The molecule has 0 saturated carbocycles. The third-order valence-electron chi connectivity index (χ3n) is 11.3. The number of nitrogens with one attached hydrogen (secondary N) is 1. The van der Waals surface area contributed by atoms with Crippen LogP contribution >= 0.6 is 0 Å². The van der Waals surface area contributed by atoms with E-state index in [-0.39, 0.29) is 5.56 Å². The summed E-state index contributed by atoms with van der Waals surface area (Å²) in [5.41, 5.74) is 8.89. The molecule has 7 aromatic carbocycles. The molecule has 1 N–H and O–H groups in total. The largest absolute Gasteiger partial charge is 0.381 e. The van der Waals surface area contributed by atoms with Crippen molar-refractivity contribution in [2.75, 3.05) is 5.32 Å². The summed E-state index contributed by atoms with van der Waals surface area (Å²) < 4.78 is 3.83. The van der Waals surface area contributed by atoms with Crippen LogP contribution in [0.4, 0.5) is 5.69 Å². The Hall–Kier alpha value is -7.45. The first-order chi connectivity index (χ1) is 29.6. The van der Waals surface area contributed by atoms with Crippen LogP contribution in [0.1, 0.15) is 53.4 Å². The first kappa shape index (κ1) is 38.1. The van der Waals surface area contributed by atoms with Gasteiger partial charge in [-0.2, -0.15) is 0 Å². The number of rotatable bonds is 14. The number of hydrogen-bond donors (Lipinski definition) is 1. The number of tetrazole rings is 1. The van der Waals surface area contributed by atoms with Crippen molar-refractivity contribution in [1.29, 1.82) is 0 Å². The second kappa shape index (κ2) is 17.2. The zero-order valence-corrected chi connectivity index (χ0v) is 33.5. The highest BCUT2D eigenvalue weighted by molar-refractivity contribution is 5.82. The monoisotopic (exact) mass is 783 g/mol. The Morgan fingerprint density at radius 2 is 1.20 bits per heavy atom. The topological polar surface area (TPSA) is 90.5 Å². The van der Waals surface area contributed by atoms with Gasteiger partial charge in [0.25, 0.3) is 5.56 Å². The summed E-state index contributed by atoms with van der Waals surface area (Å²) in [6, 6.07) is 64.2. The third kappa shape index (κ3) is 7.39. The Labute approximate surface area is 349 Å². The molecule has 0 radical (unpaired) electrons. The smallest absolute Gasteiger partial charge is 0.261 e. The molecule has 0 atom stereocenters. The number of fused-ring (bicyclic) bond motifs is 1. The standard InChI is InChI=1S/C52H45N7O/c1-2-3-28-49-54-48-34-33-44(53-36-38-18-8-4-9-19-38)35-47(48)51(60)58(49)37-39-29-31-40(32-30-39)45-26-16-17-27-46(45)50-55-56-57-59(50)52(41-20-10-5-11-21-41,42-22-12-6-13-23-42)43-24-14-7-15-25-43/h4-27,29-35,53H,2-3,28,36-37H2,1H3. The molecule has 0 unspecified atom stereocenters. The summed E-state index contributed by atoms with van der Waals surface area (Å²) in [6.07, 6.45) is 2.69. The van der Waals surface area contributed by atoms with Gasteiger partial charge in [-0.25, -0.2) is 9.67 Å². The second-order valence-corrected chi connectivity index (χ2v) is 15.1. The number of aromatic nitrogens is 6. The quantitative estimate of drug-likeness (QED) is 0.110. The molecule has 60 heavy (non-hydrogen) atoms. The van der Waals surface area contributed by atoms with Crippen LogP contribution in [0.25, 0.3) is 33.4 Å². The van der Waals surface area contributed by atoms with Gasteiger partial charge < -0.3 is 5.32 Å². The lowest BCUT2D eigenvalue weighted by molar-refractivity contribution is 0.451. The van der Waals surface area contributed by atoms with Gasteiger partial charge in [0.1, 0.15) is 11.4 Å². The van der Waals surface area contributed by atoms with Crippen molar-refractivity contribution in [3.63, 3.8) is 0 Å². The predicted molar refractivity (Wildman–Crippen MR) is 241 cm³/mol. The number of anilines is 1. The third-order valence-corrected chi connectivity index (χ3v) is 11.3. The highest BCUT2D eigenvalue weighted by atomic mass is 16.1. The van der Waals surface area contributed by atoms with Gasteiger partial charge >= 0.3 is 0 Å². The van der Waals surface area contributed by atoms with Gasteiger partial charge in [0.05, 0.1) is 17.4 Å². The van der Waals surface area contributed by atoms with Crippen LogP contribution in [-0.4, -0.2) is 29.8 Å². The van der Waals surface area contributed by atoms with Crippen molar-refractivity contribution in [1.82, 2.24) is 29.8 Å². The van der Waals surface area contributed by atoms with Gasteiger partial charge in [-0.3, -0.25) is 9.36 Å². The molecule has 0 aliphatic carbocycles. The maximum absolute atomic E-state index is 14.3. The van der Waals surface area contributed by atoms with Gasteiger partial charge in [-0.15, -0.1) is 5.10 Å². The molecular formula is C52H45N7O. The molecule has 0 spiro atoms. The van der Waals surface area contributed by atoms with Gasteiger partial charge in [0.2, 0.25) is 0 Å². The fourth-order valence-corrected chi connectivity index (χ4v) is 8.25. The Kier molecular flexibility index (Phi) is 10.9. The van der Waals surface area contributed by atoms with Crippen LogP contribution in [0.15, 0.2) is 193 Å². The predicted octanol–water partition coefficient (Wildman–Crippen LogP) is 10.6. The molecule has 0 aliphatic heterocycles. The molecule has 0 saturated heterocycles. The highest BCUT2D eigenvalue weighted by Crippen LogP contribution is 2.43. The maximum atomic E-state index is 14.3. The summed E-state index contributed by atoms with van der Waals surface area (Å²) in [6.45, 7) is 3.24. The summed E-state index contributed by atoms with van der Waals surface area (Å²) >= 11 is 0. The molecule has 2 heterocycles. The van der Waals surface area contributed by atoms with E-state index in [1.54, 1.807) is 0 Å². The first-order valence-electron chi connectivity index (χ1n) is 20.6. The molecular weight excluding hydrogens is 739 g/mol. The van der Waals surface area contributed by atoms with Gasteiger partial charge in [0, 0.05) is 24.2 Å². The Balaban J connectivity index is 1.08. The second-order valence-electron chi connectivity index (χ2n) is 15.1. The van der Waals surface area contributed by atoms with Crippen LogP contribution in [0.5, 0.6) is 0 Å². The summed E-state index contributed by atoms with van der Waals surface area (Å²) in [5, 5.41) is 18.0. The van der Waals surface area contributed by atoms with E-state index in [9.17, 15) is 4.79 Å². The van der Waals surface area contributed by atoms with Crippen molar-refractivity contribution < 1.29 is 0 Å². The lowest BCUT2D eigenvalue weighted by atomic mass is 9.77. The van der Waals surface area contributed by atoms with Crippen LogP contribution < -0.4 is 10.9 Å². The van der Waals surface area contributed by atoms with Gasteiger partial charge in [-0.05, 0) is 74.0 Å². The summed E-state index contributed by atoms with van der Waals surface area (Å²) in [4.78, 5) is 19.3. The number of nitrogens with zero attached hydrogens (tertiary/aromatic N) is 6. The van der Waals surface area contributed by atoms with E-state index in [1.165, 1.54) is 5.56 Å². The fourth-order valence-electron chi connectivity index (χ4n) is 8.25. The van der Waals surface area contributed by atoms with E-state index in [0.717, 1.165) is 75.2 Å². The molecule has 8 heteroatoms. The molecule has 0 fully saturated rings. The van der Waals surface area contributed by atoms with E-state index in [4.69, 9.17) is 15.3 Å². The minimum atomic E-state index is -0.880. The molecule has 9 aromatic rings. The summed E-state index contributed by atoms with van der Waals surface area (Å²) in [7, 11) is 0. The van der Waals surface area contributed by atoms with Crippen molar-refractivity contribution >= 4 is 16.6 Å². The number of unbranched alkanes of at least 4 members (excludes halogenated alkanes) is 1. The molecule has 0 amide bonds. The minimum Gasteiger partial charge on any atom is -0.381 e. The zero-order valence-electron chi connectivity index (χ0n) is 33.5. The van der Waals surface area contributed by atoms with Crippen LogP contribution in [0, 0.1) is 0 Å². The van der Waals surface area contributed by atoms with Crippen molar-refractivity contribution in [2.24, 2.45) is 0 Å². The van der Waals surface area contributed by atoms with Crippen molar-refractivity contribution in [3.05, 3.63) is 232 Å². The van der Waals surface area contributed by atoms with E-state index in [0.29, 0.717) is 24.3 Å². The molecule has 8 nitrogen and oxygen atoms in total. The number of benzene rings is 7. The van der Waals surface area contributed by atoms with E-state index >= 15 is 0 Å². The van der Waals surface area contributed by atoms with Gasteiger partial charge in [-0.1, -0.05) is 183 Å². The average molecular weight is 784 g/mol. The fraction of sp³-hybridized carbons (Fsp3) is 0.135. The summed E-state index contributed by atoms with van der Waals surface area (Å²) in [5.74, 6) is 1.44. The minimum absolute atomic E-state index is 0.0329. The SMILES string of the molecule is CCCCc1nc2ccc(NCc3ccccc3)cc2c(=O)n1Cc1ccc(-c2ccccc2-c2nnnn2C(c2ccccc2)(c2ccccc2)c2ccccc2)cc1. The van der Waals surface area contributed by atoms with Crippen molar-refractivity contribution in [2.45, 2.75) is 44.8 Å². The number of hydrogen-bond acceptors (Lipinski definition) is 6. The molecule has 0 bridgehead atoms. The first-order valence-corrected chi connectivity index (χ1v) is 20.6. The van der Waals surface area contributed by atoms with Crippen LogP contribution in [0.2, 0.25) is 0 Å².